The number of benzene rings is 1. The van der Waals surface area contributed by atoms with Gasteiger partial charge in [-0.05, 0) is 14.0 Å². The predicted molar refractivity (Wildman–Crippen MR) is 50.4 cm³/mol. The molecular weight excluding hydrogens is 188 g/mol. The third-order valence-corrected chi connectivity index (χ3v) is 1.66. The van der Waals surface area contributed by atoms with E-state index in [1.165, 1.54) is 0 Å². The Kier molecular flexibility index (Phi) is 3.83. The molecule has 0 amide bonds. The van der Waals surface area contributed by atoms with Crippen LogP contribution < -0.4 is 10.1 Å². The molecule has 0 radical (unpaired) electrons. The van der Waals surface area contributed by atoms with Crippen molar-refractivity contribution in [2.45, 2.75) is 13.0 Å². The third kappa shape index (κ3) is 3.30. The first kappa shape index (κ1) is 10.9. The van der Waals surface area contributed by atoms with Crippen LogP contribution in [0, 0.1) is 11.6 Å². The first-order valence-electron chi connectivity index (χ1n) is 4.39. The van der Waals surface area contributed by atoms with Gasteiger partial charge in [0, 0.05) is 24.7 Å². The predicted octanol–water partition coefficient (Wildman–Crippen LogP) is 1.95. The molecule has 0 heterocycles. The number of rotatable bonds is 4. The number of hydrogen-bond donors (Lipinski definition) is 1. The van der Waals surface area contributed by atoms with Gasteiger partial charge in [-0.25, -0.2) is 8.78 Å². The molecule has 0 aliphatic rings. The van der Waals surface area contributed by atoms with Gasteiger partial charge >= 0.3 is 0 Å². The number of halogens is 2. The Hall–Kier alpha value is -1.16. The molecule has 0 saturated heterocycles. The van der Waals surface area contributed by atoms with Crippen molar-refractivity contribution in [3.63, 3.8) is 0 Å². The summed E-state index contributed by atoms with van der Waals surface area (Å²) in [6, 6.07) is 3.14. The summed E-state index contributed by atoms with van der Waals surface area (Å²) in [6.07, 6.45) is -0.124. The normalized spacial score (nSPS) is 12.6. The second kappa shape index (κ2) is 4.91. The van der Waals surface area contributed by atoms with E-state index in [9.17, 15) is 8.78 Å². The van der Waals surface area contributed by atoms with Crippen LogP contribution in [-0.2, 0) is 0 Å². The number of nitrogens with one attached hydrogen (secondary N) is 1. The molecule has 0 bridgehead atoms. The van der Waals surface area contributed by atoms with Gasteiger partial charge in [-0.1, -0.05) is 0 Å². The number of likely N-dealkylation sites (N-methyl/N-ethyl adjacent to an activating group) is 1. The average molecular weight is 201 g/mol. The lowest BCUT2D eigenvalue weighted by Crippen LogP contribution is -2.26. The van der Waals surface area contributed by atoms with Gasteiger partial charge in [0.25, 0.3) is 0 Å². The Bertz CT molecular complexity index is 284. The molecule has 0 spiro atoms. The fourth-order valence-electron chi connectivity index (χ4n) is 1.16. The van der Waals surface area contributed by atoms with Crippen LogP contribution in [0.5, 0.6) is 5.75 Å². The first-order chi connectivity index (χ1) is 6.61. The molecule has 14 heavy (non-hydrogen) atoms. The van der Waals surface area contributed by atoms with Crippen molar-refractivity contribution in [2.24, 2.45) is 0 Å². The second-order valence-electron chi connectivity index (χ2n) is 3.09. The fraction of sp³-hybridized carbons (Fsp3) is 0.400. The van der Waals surface area contributed by atoms with Gasteiger partial charge in [-0.3, -0.25) is 0 Å². The molecule has 0 fully saturated rings. The lowest BCUT2D eigenvalue weighted by Gasteiger charge is -2.13. The first-order valence-corrected chi connectivity index (χ1v) is 4.39. The van der Waals surface area contributed by atoms with E-state index in [-0.39, 0.29) is 11.9 Å². The monoisotopic (exact) mass is 201 g/mol. The van der Waals surface area contributed by atoms with Crippen molar-refractivity contribution >= 4 is 0 Å². The summed E-state index contributed by atoms with van der Waals surface area (Å²) in [5, 5.41) is 2.90. The average Bonchev–Trinajstić information content (AvgIpc) is 2.01. The minimum Gasteiger partial charge on any atom is -0.489 e. The molecule has 1 rings (SSSR count). The van der Waals surface area contributed by atoms with E-state index in [1.807, 2.05) is 6.92 Å². The van der Waals surface area contributed by atoms with Crippen LogP contribution in [-0.4, -0.2) is 19.7 Å². The van der Waals surface area contributed by atoms with E-state index < -0.39 is 11.6 Å². The molecule has 78 valence electrons. The third-order valence-electron chi connectivity index (χ3n) is 1.66. The summed E-state index contributed by atoms with van der Waals surface area (Å²) in [7, 11) is 1.78. The minimum atomic E-state index is -0.628. The quantitative estimate of drug-likeness (QED) is 0.804. The van der Waals surface area contributed by atoms with Crippen molar-refractivity contribution in [1.82, 2.24) is 5.32 Å². The molecule has 4 heteroatoms. The summed E-state index contributed by atoms with van der Waals surface area (Å²) < 4.78 is 30.7. The largest absolute Gasteiger partial charge is 0.489 e. The van der Waals surface area contributed by atoms with Crippen molar-refractivity contribution in [2.75, 3.05) is 13.6 Å². The number of hydrogen-bond acceptors (Lipinski definition) is 2. The van der Waals surface area contributed by atoms with Gasteiger partial charge in [0.15, 0.2) is 0 Å². The highest BCUT2D eigenvalue weighted by molar-refractivity contribution is 5.23. The second-order valence-corrected chi connectivity index (χ2v) is 3.09. The lowest BCUT2D eigenvalue weighted by molar-refractivity contribution is 0.219. The van der Waals surface area contributed by atoms with Gasteiger partial charge in [-0.15, -0.1) is 0 Å². The molecule has 2 nitrogen and oxygen atoms in total. The lowest BCUT2D eigenvalue weighted by atomic mass is 10.3. The van der Waals surface area contributed by atoms with Crippen molar-refractivity contribution < 1.29 is 13.5 Å². The molecule has 1 N–H and O–H groups in total. The van der Waals surface area contributed by atoms with Crippen LogP contribution in [0.1, 0.15) is 6.92 Å². The Balaban J connectivity index is 2.66. The Labute approximate surface area is 81.9 Å². The van der Waals surface area contributed by atoms with Crippen LogP contribution in [0.25, 0.3) is 0 Å². The molecule has 1 aromatic carbocycles. The summed E-state index contributed by atoms with van der Waals surface area (Å²) >= 11 is 0. The molecular formula is C10H13F2NO. The summed E-state index contributed by atoms with van der Waals surface area (Å²) in [6.45, 7) is 2.44. The Morgan fingerprint density at radius 3 is 2.36 bits per heavy atom. The summed E-state index contributed by atoms with van der Waals surface area (Å²) in [5.41, 5.74) is 0. The van der Waals surface area contributed by atoms with E-state index in [4.69, 9.17) is 4.74 Å². The Morgan fingerprint density at radius 2 is 1.86 bits per heavy atom. The van der Waals surface area contributed by atoms with Gasteiger partial charge in [0.1, 0.15) is 23.5 Å². The summed E-state index contributed by atoms with van der Waals surface area (Å²) in [4.78, 5) is 0. The zero-order valence-electron chi connectivity index (χ0n) is 8.18. The zero-order valence-corrected chi connectivity index (χ0v) is 8.18. The highest BCUT2D eigenvalue weighted by Gasteiger charge is 2.05. The summed E-state index contributed by atoms with van der Waals surface area (Å²) in [5.74, 6) is -1.04. The van der Waals surface area contributed by atoms with Crippen LogP contribution in [0.15, 0.2) is 18.2 Å². The molecule has 0 aromatic heterocycles. The van der Waals surface area contributed by atoms with Gasteiger partial charge < -0.3 is 10.1 Å². The SMILES string of the molecule is CNCC(C)Oc1cc(F)cc(F)c1. The standard InChI is InChI=1S/C10H13F2NO/c1-7(6-13-2)14-10-4-8(11)3-9(12)5-10/h3-5,7,13H,6H2,1-2H3. The topological polar surface area (TPSA) is 21.3 Å². The minimum absolute atomic E-state index is 0.124. The van der Waals surface area contributed by atoms with Crippen molar-refractivity contribution in [1.29, 1.82) is 0 Å². The van der Waals surface area contributed by atoms with Crippen molar-refractivity contribution in [3.05, 3.63) is 29.8 Å². The van der Waals surface area contributed by atoms with E-state index >= 15 is 0 Å². The molecule has 0 aliphatic carbocycles. The maximum atomic E-state index is 12.7. The van der Waals surface area contributed by atoms with Crippen LogP contribution in [0.4, 0.5) is 8.78 Å². The van der Waals surface area contributed by atoms with E-state index in [1.54, 1.807) is 7.05 Å². The molecule has 0 aliphatic heterocycles. The maximum Gasteiger partial charge on any atom is 0.129 e. The highest BCUT2D eigenvalue weighted by atomic mass is 19.1. The van der Waals surface area contributed by atoms with E-state index in [0.717, 1.165) is 18.2 Å². The number of ether oxygens (including phenoxy) is 1. The van der Waals surface area contributed by atoms with Gasteiger partial charge in [0.2, 0.25) is 0 Å². The maximum absolute atomic E-state index is 12.7. The zero-order chi connectivity index (χ0) is 10.6. The van der Waals surface area contributed by atoms with Crippen LogP contribution in [0.3, 0.4) is 0 Å². The smallest absolute Gasteiger partial charge is 0.129 e. The van der Waals surface area contributed by atoms with Crippen LogP contribution in [0.2, 0.25) is 0 Å². The van der Waals surface area contributed by atoms with Crippen LogP contribution >= 0.6 is 0 Å². The highest BCUT2D eigenvalue weighted by Crippen LogP contribution is 2.16. The van der Waals surface area contributed by atoms with E-state index in [0.29, 0.717) is 6.54 Å². The van der Waals surface area contributed by atoms with Crippen molar-refractivity contribution in [3.8, 4) is 5.75 Å². The molecule has 1 atom stereocenters. The molecule has 1 unspecified atom stereocenters. The molecule has 1 aromatic rings. The Morgan fingerprint density at radius 1 is 1.29 bits per heavy atom. The van der Waals surface area contributed by atoms with Gasteiger partial charge in [0.05, 0.1) is 0 Å². The van der Waals surface area contributed by atoms with Gasteiger partial charge in [-0.2, -0.15) is 0 Å². The van der Waals surface area contributed by atoms with E-state index in [2.05, 4.69) is 5.32 Å². The fourth-order valence-corrected chi connectivity index (χ4v) is 1.16. The molecule has 0 saturated carbocycles.